The summed E-state index contributed by atoms with van der Waals surface area (Å²) >= 11 is 0. The summed E-state index contributed by atoms with van der Waals surface area (Å²) in [6, 6.07) is 0. The monoisotopic (exact) mass is 226 g/mol. The number of nitrogens with zero attached hydrogens (tertiary/aromatic N) is 1. The summed E-state index contributed by atoms with van der Waals surface area (Å²) in [6.07, 6.45) is 3.21. The van der Waals surface area contributed by atoms with Crippen LogP contribution in [-0.4, -0.2) is 50.3 Å². The van der Waals surface area contributed by atoms with Crippen molar-refractivity contribution in [3.05, 3.63) is 12.2 Å². The zero-order valence-corrected chi connectivity index (χ0v) is 11.0. The quantitative estimate of drug-likeness (QED) is 0.668. The third-order valence-electron chi connectivity index (χ3n) is 2.87. The van der Waals surface area contributed by atoms with Gasteiger partial charge in [-0.2, -0.15) is 0 Å². The Labute approximate surface area is 99.8 Å². The molecule has 0 radical (unpaired) electrons. The van der Waals surface area contributed by atoms with Crippen LogP contribution in [0.5, 0.6) is 0 Å². The van der Waals surface area contributed by atoms with E-state index in [4.69, 9.17) is 4.74 Å². The van der Waals surface area contributed by atoms with E-state index in [1.807, 2.05) is 0 Å². The molecule has 2 unspecified atom stereocenters. The maximum Gasteiger partial charge on any atom is 0.0707 e. The van der Waals surface area contributed by atoms with Crippen molar-refractivity contribution in [2.24, 2.45) is 0 Å². The predicted octanol–water partition coefficient (Wildman–Crippen LogP) is 1.65. The van der Waals surface area contributed by atoms with Crippen LogP contribution in [0, 0.1) is 0 Å². The molecule has 0 aliphatic carbocycles. The minimum absolute atomic E-state index is 0.410. The van der Waals surface area contributed by atoms with Crippen LogP contribution >= 0.6 is 0 Å². The molecule has 0 aromatic rings. The Kier molecular flexibility index (Phi) is 6.03. The molecule has 0 aromatic carbocycles. The lowest BCUT2D eigenvalue weighted by Crippen LogP contribution is -2.32. The highest BCUT2D eigenvalue weighted by atomic mass is 16.5. The SMILES string of the molecule is C=C(C)CN(C)CC1CCC(CNCC)O1. The number of nitrogens with one attached hydrogen (secondary N) is 1. The Morgan fingerprint density at radius 3 is 2.75 bits per heavy atom. The number of ether oxygens (including phenoxy) is 1. The highest BCUT2D eigenvalue weighted by Crippen LogP contribution is 2.19. The van der Waals surface area contributed by atoms with Gasteiger partial charge in [-0.25, -0.2) is 0 Å². The zero-order chi connectivity index (χ0) is 12.0. The summed E-state index contributed by atoms with van der Waals surface area (Å²) < 4.78 is 5.98. The van der Waals surface area contributed by atoms with Gasteiger partial charge in [-0.1, -0.05) is 19.1 Å². The molecule has 1 fully saturated rings. The van der Waals surface area contributed by atoms with Gasteiger partial charge in [0.15, 0.2) is 0 Å². The van der Waals surface area contributed by atoms with Crippen molar-refractivity contribution in [1.82, 2.24) is 10.2 Å². The van der Waals surface area contributed by atoms with Gasteiger partial charge in [0, 0.05) is 19.6 Å². The molecule has 1 aliphatic rings. The van der Waals surface area contributed by atoms with Crippen molar-refractivity contribution < 1.29 is 4.74 Å². The Bertz CT molecular complexity index is 218. The molecule has 0 saturated carbocycles. The standard InChI is InChI=1S/C13H26N2O/c1-5-14-8-12-6-7-13(16-12)10-15(4)9-11(2)3/h12-14H,2,5-10H2,1,3-4H3. The average Bonchev–Trinajstić information content (AvgIpc) is 2.61. The fourth-order valence-electron chi connectivity index (χ4n) is 2.24. The third kappa shape index (κ3) is 5.10. The van der Waals surface area contributed by atoms with Gasteiger partial charge in [0.1, 0.15) is 0 Å². The van der Waals surface area contributed by atoms with Gasteiger partial charge in [0.05, 0.1) is 12.2 Å². The zero-order valence-electron chi connectivity index (χ0n) is 11.0. The molecule has 0 spiro atoms. The fraction of sp³-hybridized carbons (Fsp3) is 0.846. The Morgan fingerprint density at radius 1 is 1.44 bits per heavy atom. The van der Waals surface area contributed by atoms with E-state index in [-0.39, 0.29) is 0 Å². The smallest absolute Gasteiger partial charge is 0.0707 e. The predicted molar refractivity (Wildman–Crippen MR) is 68.7 cm³/mol. The Hall–Kier alpha value is -0.380. The highest BCUT2D eigenvalue weighted by molar-refractivity contribution is 4.91. The maximum atomic E-state index is 5.98. The van der Waals surface area contributed by atoms with Crippen LogP contribution in [0.1, 0.15) is 26.7 Å². The molecule has 16 heavy (non-hydrogen) atoms. The topological polar surface area (TPSA) is 24.5 Å². The summed E-state index contributed by atoms with van der Waals surface area (Å²) in [5.41, 5.74) is 1.21. The van der Waals surface area contributed by atoms with Crippen LogP contribution in [0.3, 0.4) is 0 Å². The van der Waals surface area contributed by atoms with E-state index >= 15 is 0 Å². The largest absolute Gasteiger partial charge is 0.372 e. The Balaban J connectivity index is 2.17. The van der Waals surface area contributed by atoms with Gasteiger partial charge >= 0.3 is 0 Å². The van der Waals surface area contributed by atoms with Gasteiger partial charge in [-0.15, -0.1) is 0 Å². The molecular weight excluding hydrogens is 200 g/mol. The van der Waals surface area contributed by atoms with E-state index in [0.717, 1.165) is 26.2 Å². The van der Waals surface area contributed by atoms with Crippen molar-refractivity contribution >= 4 is 0 Å². The molecule has 1 aliphatic heterocycles. The van der Waals surface area contributed by atoms with Crippen LogP contribution in [-0.2, 0) is 4.74 Å². The minimum Gasteiger partial charge on any atom is -0.372 e. The third-order valence-corrected chi connectivity index (χ3v) is 2.87. The average molecular weight is 226 g/mol. The molecule has 1 N–H and O–H groups in total. The van der Waals surface area contributed by atoms with Crippen molar-refractivity contribution in [1.29, 1.82) is 0 Å². The van der Waals surface area contributed by atoms with E-state index in [2.05, 4.69) is 37.7 Å². The van der Waals surface area contributed by atoms with E-state index in [1.165, 1.54) is 18.4 Å². The van der Waals surface area contributed by atoms with Gasteiger partial charge in [0.25, 0.3) is 0 Å². The van der Waals surface area contributed by atoms with Crippen LogP contribution in [0.2, 0.25) is 0 Å². The second kappa shape index (κ2) is 7.05. The van der Waals surface area contributed by atoms with Crippen LogP contribution in [0.25, 0.3) is 0 Å². The lowest BCUT2D eigenvalue weighted by molar-refractivity contribution is 0.0295. The van der Waals surface area contributed by atoms with Crippen molar-refractivity contribution in [3.63, 3.8) is 0 Å². The number of hydrogen-bond donors (Lipinski definition) is 1. The normalized spacial score (nSPS) is 25.2. The van der Waals surface area contributed by atoms with Gasteiger partial charge in [0.2, 0.25) is 0 Å². The van der Waals surface area contributed by atoms with E-state index < -0.39 is 0 Å². The molecule has 0 aromatic heterocycles. The van der Waals surface area contributed by atoms with Crippen molar-refractivity contribution in [2.45, 2.75) is 38.9 Å². The molecule has 1 saturated heterocycles. The number of hydrogen-bond acceptors (Lipinski definition) is 3. The summed E-state index contributed by atoms with van der Waals surface area (Å²) in [6.45, 7) is 12.2. The summed E-state index contributed by atoms with van der Waals surface area (Å²) in [4.78, 5) is 2.29. The van der Waals surface area contributed by atoms with Gasteiger partial charge < -0.3 is 10.1 Å². The van der Waals surface area contributed by atoms with E-state index in [0.29, 0.717) is 12.2 Å². The molecule has 0 amide bonds. The molecule has 2 atom stereocenters. The fourth-order valence-corrected chi connectivity index (χ4v) is 2.24. The molecule has 1 heterocycles. The first kappa shape index (κ1) is 13.7. The highest BCUT2D eigenvalue weighted by Gasteiger charge is 2.25. The lowest BCUT2D eigenvalue weighted by Gasteiger charge is -2.21. The van der Waals surface area contributed by atoms with Crippen LogP contribution in [0.4, 0.5) is 0 Å². The van der Waals surface area contributed by atoms with Crippen LogP contribution in [0.15, 0.2) is 12.2 Å². The van der Waals surface area contributed by atoms with Crippen LogP contribution < -0.4 is 5.32 Å². The summed E-state index contributed by atoms with van der Waals surface area (Å²) in [7, 11) is 2.13. The minimum atomic E-state index is 0.410. The molecule has 94 valence electrons. The second-order valence-corrected chi connectivity index (χ2v) is 4.92. The molecule has 3 heteroatoms. The first-order chi connectivity index (χ1) is 7.61. The van der Waals surface area contributed by atoms with Gasteiger partial charge in [-0.05, 0) is 33.4 Å². The number of likely N-dealkylation sites (N-methyl/N-ethyl adjacent to an activating group) is 2. The van der Waals surface area contributed by atoms with E-state index in [9.17, 15) is 0 Å². The molecule has 1 rings (SSSR count). The van der Waals surface area contributed by atoms with Crippen molar-refractivity contribution in [3.8, 4) is 0 Å². The van der Waals surface area contributed by atoms with E-state index in [1.54, 1.807) is 0 Å². The van der Waals surface area contributed by atoms with Crippen molar-refractivity contribution in [2.75, 3.05) is 33.2 Å². The maximum absolute atomic E-state index is 5.98. The molecular formula is C13H26N2O. The summed E-state index contributed by atoms with van der Waals surface area (Å²) in [5.74, 6) is 0. The molecule has 0 bridgehead atoms. The summed E-state index contributed by atoms with van der Waals surface area (Å²) in [5, 5.41) is 3.34. The second-order valence-electron chi connectivity index (χ2n) is 4.92. The first-order valence-electron chi connectivity index (χ1n) is 6.31. The first-order valence-corrected chi connectivity index (χ1v) is 6.31. The molecule has 3 nitrogen and oxygen atoms in total. The van der Waals surface area contributed by atoms with Gasteiger partial charge in [-0.3, -0.25) is 4.90 Å². The number of rotatable bonds is 7. The Morgan fingerprint density at radius 2 is 2.12 bits per heavy atom. The lowest BCUT2D eigenvalue weighted by atomic mass is 10.2.